The number of ether oxygens (including phenoxy) is 2. The molecular formula is C14H13BCl2F2O4. The molecule has 2 unspecified atom stereocenters. The van der Waals surface area contributed by atoms with Crippen molar-refractivity contribution >= 4 is 30.3 Å². The summed E-state index contributed by atoms with van der Waals surface area (Å²) < 4.78 is 40.4. The van der Waals surface area contributed by atoms with Crippen molar-refractivity contribution in [2.75, 3.05) is 14.2 Å². The molecule has 9 heteroatoms. The van der Waals surface area contributed by atoms with E-state index in [4.69, 9.17) is 32.7 Å². The van der Waals surface area contributed by atoms with Crippen LogP contribution in [0.4, 0.5) is 8.78 Å². The van der Waals surface area contributed by atoms with E-state index in [2.05, 4.69) is 0 Å². The van der Waals surface area contributed by atoms with Gasteiger partial charge in [-0.2, -0.15) is 0 Å². The first-order chi connectivity index (χ1) is 10.8. The van der Waals surface area contributed by atoms with Crippen LogP contribution in [0.3, 0.4) is 0 Å². The van der Waals surface area contributed by atoms with Crippen LogP contribution >= 0.6 is 23.2 Å². The Morgan fingerprint density at radius 3 is 2.39 bits per heavy atom. The SMILES string of the molecule is COC1=C(Cl)C=CC(B(O)O)C1(F)c1ccc(Cl)c(OC)c1F. The number of hydrogen-bond acceptors (Lipinski definition) is 4. The third-order valence-corrected chi connectivity index (χ3v) is 4.22. The van der Waals surface area contributed by atoms with Gasteiger partial charge in [-0.05, 0) is 12.1 Å². The molecule has 1 aliphatic carbocycles. The second-order valence-electron chi connectivity index (χ2n) is 4.83. The second-order valence-corrected chi connectivity index (χ2v) is 5.65. The lowest BCUT2D eigenvalue weighted by Crippen LogP contribution is -2.40. The number of benzene rings is 1. The van der Waals surface area contributed by atoms with E-state index in [1.807, 2.05) is 0 Å². The molecule has 0 spiro atoms. The number of allylic oxidation sites excluding steroid dienone is 4. The van der Waals surface area contributed by atoms with Crippen LogP contribution < -0.4 is 4.74 Å². The molecule has 4 nitrogen and oxygen atoms in total. The Bertz CT molecular complexity index is 681. The summed E-state index contributed by atoms with van der Waals surface area (Å²) in [6.45, 7) is 0. The molecule has 0 aliphatic heterocycles. The monoisotopic (exact) mass is 364 g/mol. The largest absolute Gasteiger partial charge is 0.496 e. The smallest absolute Gasteiger partial charge is 0.462 e. The summed E-state index contributed by atoms with van der Waals surface area (Å²) in [6, 6.07) is 2.32. The molecule has 1 aromatic rings. The van der Waals surface area contributed by atoms with E-state index in [9.17, 15) is 14.4 Å². The van der Waals surface area contributed by atoms with Crippen molar-refractivity contribution in [2.45, 2.75) is 11.5 Å². The first-order valence-electron chi connectivity index (χ1n) is 6.49. The third-order valence-electron chi connectivity index (χ3n) is 3.63. The third kappa shape index (κ3) is 2.82. The van der Waals surface area contributed by atoms with Crippen molar-refractivity contribution in [3.8, 4) is 5.75 Å². The van der Waals surface area contributed by atoms with Crippen LogP contribution in [-0.2, 0) is 10.4 Å². The first-order valence-corrected chi connectivity index (χ1v) is 7.24. The molecule has 0 fully saturated rings. The molecule has 124 valence electrons. The fourth-order valence-corrected chi connectivity index (χ4v) is 3.09. The van der Waals surface area contributed by atoms with Crippen molar-refractivity contribution in [1.82, 2.24) is 0 Å². The number of methoxy groups -OCH3 is 2. The van der Waals surface area contributed by atoms with Gasteiger partial charge in [-0.15, -0.1) is 0 Å². The fourth-order valence-electron chi connectivity index (χ4n) is 2.57. The lowest BCUT2D eigenvalue weighted by Gasteiger charge is -2.36. The summed E-state index contributed by atoms with van der Waals surface area (Å²) in [5.74, 6) is -3.43. The highest BCUT2D eigenvalue weighted by Gasteiger charge is 2.54. The van der Waals surface area contributed by atoms with Gasteiger partial charge in [0.15, 0.2) is 17.3 Å². The number of halogens is 4. The molecule has 1 aromatic carbocycles. The molecule has 1 aliphatic rings. The van der Waals surface area contributed by atoms with Crippen LogP contribution in [-0.4, -0.2) is 31.4 Å². The zero-order valence-electron chi connectivity index (χ0n) is 12.2. The summed E-state index contributed by atoms with van der Waals surface area (Å²) in [6.07, 6.45) is 2.39. The van der Waals surface area contributed by atoms with Gasteiger partial charge in [0.2, 0.25) is 5.67 Å². The lowest BCUT2D eigenvalue weighted by atomic mass is 9.60. The Balaban J connectivity index is 2.77. The number of hydrogen-bond donors (Lipinski definition) is 2. The van der Waals surface area contributed by atoms with Crippen LogP contribution in [0.5, 0.6) is 5.75 Å². The average molecular weight is 365 g/mol. The molecule has 2 rings (SSSR count). The van der Waals surface area contributed by atoms with Gasteiger partial charge in [0.05, 0.1) is 30.1 Å². The van der Waals surface area contributed by atoms with E-state index >= 15 is 4.39 Å². The van der Waals surface area contributed by atoms with E-state index in [1.54, 1.807) is 0 Å². The van der Waals surface area contributed by atoms with E-state index < -0.39 is 35.7 Å². The Hall–Kier alpha value is -1.28. The molecule has 23 heavy (non-hydrogen) atoms. The molecule has 0 radical (unpaired) electrons. The van der Waals surface area contributed by atoms with Gasteiger partial charge in [-0.1, -0.05) is 35.3 Å². The average Bonchev–Trinajstić information content (AvgIpc) is 2.47. The zero-order valence-corrected chi connectivity index (χ0v) is 13.7. The van der Waals surface area contributed by atoms with Crippen molar-refractivity contribution < 1.29 is 28.3 Å². The lowest BCUT2D eigenvalue weighted by molar-refractivity contribution is 0.0960. The molecule has 0 amide bonds. The molecule has 2 atom stereocenters. The van der Waals surface area contributed by atoms with Gasteiger partial charge >= 0.3 is 7.12 Å². The van der Waals surface area contributed by atoms with E-state index in [1.165, 1.54) is 19.3 Å². The van der Waals surface area contributed by atoms with Gasteiger partial charge in [0.25, 0.3) is 0 Å². The molecule has 0 bridgehead atoms. The molecular weight excluding hydrogens is 352 g/mol. The molecule has 0 saturated carbocycles. The van der Waals surface area contributed by atoms with Crippen molar-refractivity contribution in [3.63, 3.8) is 0 Å². The Morgan fingerprint density at radius 2 is 1.87 bits per heavy atom. The maximum atomic E-state index is 15.9. The summed E-state index contributed by atoms with van der Waals surface area (Å²) >= 11 is 11.7. The highest BCUT2D eigenvalue weighted by molar-refractivity contribution is 6.45. The maximum Gasteiger partial charge on any atom is 0.462 e. The summed E-state index contributed by atoms with van der Waals surface area (Å²) in [5.41, 5.74) is -3.28. The minimum absolute atomic E-state index is 0.0566. The molecule has 0 aromatic heterocycles. The minimum Gasteiger partial charge on any atom is -0.496 e. The van der Waals surface area contributed by atoms with E-state index in [-0.39, 0.29) is 15.8 Å². The quantitative estimate of drug-likeness (QED) is 0.806. The van der Waals surface area contributed by atoms with Crippen molar-refractivity contribution in [1.29, 1.82) is 0 Å². The minimum atomic E-state index is -2.75. The van der Waals surface area contributed by atoms with E-state index in [0.29, 0.717) is 0 Å². The van der Waals surface area contributed by atoms with Crippen LogP contribution in [0.15, 0.2) is 35.1 Å². The Kier molecular flexibility index (Phi) is 5.25. The summed E-state index contributed by atoms with van der Waals surface area (Å²) in [7, 11) is 0.210. The van der Waals surface area contributed by atoms with Gasteiger partial charge in [0.1, 0.15) is 0 Å². The van der Waals surface area contributed by atoms with Crippen LogP contribution in [0.25, 0.3) is 0 Å². The highest BCUT2D eigenvalue weighted by atomic mass is 35.5. The molecule has 0 heterocycles. The predicted octanol–water partition coefficient (Wildman–Crippen LogP) is 3.16. The maximum absolute atomic E-state index is 15.9. The summed E-state index contributed by atoms with van der Waals surface area (Å²) in [4.78, 5) is 0. The highest BCUT2D eigenvalue weighted by Crippen LogP contribution is 2.52. The van der Waals surface area contributed by atoms with Crippen molar-refractivity contribution in [2.24, 2.45) is 0 Å². The van der Waals surface area contributed by atoms with Crippen LogP contribution in [0.1, 0.15) is 5.56 Å². The first kappa shape index (κ1) is 18.1. The Morgan fingerprint density at radius 1 is 1.22 bits per heavy atom. The molecule has 0 saturated heterocycles. The fraction of sp³-hybridized carbons (Fsp3) is 0.286. The Labute approximate surface area is 142 Å². The summed E-state index contributed by atoms with van der Waals surface area (Å²) in [5, 5.41) is 18.8. The normalized spacial score (nSPS) is 23.9. The van der Waals surface area contributed by atoms with Gasteiger partial charge < -0.3 is 19.5 Å². The standard InChI is InChI=1S/C14H13BCl2F2O4/c1-22-12-8(16)4-3-7(11(12)18)14(19)10(15(20)21)6-5-9(17)13(14)23-2/h3-6,10,20-21H,1-2H3. The van der Waals surface area contributed by atoms with E-state index in [0.717, 1.165) is 19.3 Å². The van der Waals surface area contributed by atoms with Crippen LogP contribution in [0.2, 0.25) is 10.8 Å². The van der Waals surface area contributed by atoms with Crippen LogP contribution in [0, 0.1) is 5.82 Å². The number of rotatable bonds is 4. The second kappa shape index (κ2) is 6.69. The van der Waals surface area contributed by atoms with Crippen molar-refractivity contribution in [3.05, 3.63) is 51.5 Å². The topological polar surface area (TPSA) is 58.9 Å². The zero-order chi connectivity index (χ0) is 17.4. The number of alkyl halides is 1. The van der Waals surface area contributed by atoms with Gasteiger partial charge in [-0.25, -0.2) is 8.78 Å². The predicted molar refractivity (Wildman–Crippen MR) is 83.7 cm³/mol. The van der Waals surface area contributed by atoms with Gasteiger partial charge in [0, 0.05) is 5.56 Å². The molecule has 2 N–H and O–H groups in total. The van der Waals surface area contributed by atoms with Gasteiger partial charge in [-0.3, -0.25) is 0 Å².